The van der Waals surface area contributed by atoms with Gasteiger partial charge in [-0.3, -0.25) is 33.6 Å². The molecule has 2 unspecified atom stereocenters. The molecule has 0 amide bonds. The largest absolute Gasteiger partial charge is 0.469 e. The van der Waals surface area contributed by atoms with E-state index in [0.717, 1.165) is 40.2 Å². The van der Waals surface area contributed by atoms with Crippen LogP contribution in [0.4, 0.5) is 0 Å². The smallest absolute Gasteiger partial charge is 0.304 e. The van der Waals surface area contributed by atoms with E-state index in [-0.39, 0.29) is 46.0 Å². The highest BCUT2D eigenvalue weighted by Crippen LogP contribution is 2.46. The molecule has 0 spiro atoms. The van der Waals surface area contributed by atoms with Crippen molar-refractivity contribution in [3.05, 3.63) is 69.6 Å². The summed E-state index contributed by atoms with van der Waals surface area (Å²) in [6, 6.07) is 0. The molecule has 2 heterocycles. The minimum absolute atomic E-state index is 0.0103. The molecule has 0 aromatic rings. The molecule has 2 aliphatic heterocycles. The van der Waals surface area contributed by atoms with E-state index >= 15 is 0 Å². The van der Waals surface area contributed by atoms with Crippen molar-refractivity contribution in [3.8, 4) is 0 Å². The number of ether oxygens (including phenoxy) is 5. The number of aliphatic hydroxyl groups is 1. The first-order chi connectivity index (χ1) is 22.5. The van der Waals surface area contributed by atoms with Gasteiger partial charge < -0.3 is 28.8 Å². The predicted molar refractivity (Wildman–Crippen MR) is 165 cm³/mol. The molecule has 13 nitrogen and oxygen atoms in total. The standard InChI is InChI=1S/C35H38O13/c1-18(37)9-7-11-22-13-24-26(15-44-22)30(40)34(5,47-20(3)38)32(42)28(24)29-25-14-23(12-8-10-19(2)46-17-36)45-16-27(25)31(41)35(6,33(29)43)48-21(4)39/h13-19,37H,7-12H2,1-6H3/t18?,19?,34-,35+/m0/s1. The van der Waals surface area contributed by atoms with Gasteiger partial charge in [0.15, 0.2) is 0 Å². The molecule has 13 heteroatoms. The summed E-state index contributed by atoms with van der Waals surface area (Å²) in [5.41, 5.74) is -5.88. The minimum atomic E-state index is -2.42. The Labute approximate surface area is 276 Å². The van der Waals surface area contributed by atoms with Gasteiger partial charge in [-0.25, -0.2) is 0 Å². The highest BCUT2D eigenvalue weighted by molar-refractivity contribution is 6.37. The zero-order valence-electron chi connectivity index (χ0n) is 27.6. The molecule has 48 heavy (non-hydrogen) atoms. The molecule has 0 bridgehead atoms. The summed E-state index contributed by atoms with van der Waals surface area (Å²) < 4.78 is 27.0. The number of hydrogen-bond donors (Lipinski definition) is 1. The normalized spacial score (nSPS) is 24.9. The van der Waals surface area contributed by atoms with Crippen molar-refractivity contribution in [2.24, 2.45) is 0 Å². The Hall–Kier alpha value is -4.91. The van der Waals surface area contributed by atoms with Crippen LogP contribution in [-0.2, 0) is 57.2 Å². The SMILES string of the molecule is CC(=O)O[C@@]1(C)C(=O)C2=COC(CCCC(C)O)=CC2=C(C2=C3C=C(CCCC(C)OC=O)OC=C3C(=O)[C@@](C)(OC(C)=O)C2=O)C1=O. The Balaban J connectivity index is 1.99. The molecular weight excluding hydrogens is 628 g/mol. The molecule has 0 saturated carbocycles. The lowest BCUT2D eigenvalue weighted by atomic mass is 9.67. The van der Waals surface area contributed by atoms with E-state index in [1.54, 1.807) is 13.8 Å². The Bertz CT molecular complexity index is 1660. The lowest BCUT2D eigenvalue weighted by Gasteiger charge is -2.39. The fourth-order valence-electron chi connectivity index (χ4n) is 5.97. The summed E-state index contributed by atoms with van der Waals surface area (Å²) in [6.45, 7) is 7.96. The summed E-state index contributed by atoms with van der Waals surface area (Å²) in [7, 11) is 0. The van der Waals surface area contributed by atoms with Crippen LogP contribution in [0, 0.1) is 0 Å². The van der Waals surface area contributed by atoms with E-state index < -0.39 is 52.4 Å². The van der Waals surface area contributed by atoms with Crippen LogP contribution in [0.5, 0.6) is 0 Å². The zero-order chi connectivity index (χ0) is 35.6. The number of allylic oxidation sites excluding steroid dienone is 6. The van der Waals surface area contributed by atoms with E-state index in [9.17, 15) is 38.7 Å². The van der Waals surface area contributed by atoms with Gasteiger partial charge in [0.05, 0.1) is 23.4 Å². The maximum Gasteiger partial charge on any atom is 0.304 e. The quantitative estimate of drug-likeness (QED) is 0.131. The van der Waals surface area contributed by atoms with Gasteiger partial charge in [-0.15, -0.1) is 0 Å². The monoisotopic (exact) mass is 666 g/mol. The third kappa shape index (κ3) is 6.86. The number of aliphatic hydroxyl groups excluding tert-OH is 1. The van der Waals surface area contributed by atoms with Gasteiger partial charge in [0.2, 0.25) is 34.3 Å². The van der Waals surface area contributed by atoms with Crippen LogP contribution in [-0.4, -0.2) is 70.1 Å². The molecule has 0 aromatic heterocycles. The molecule has 0 radical (unpaired) electrons. The Morgan fingerprint density at radius 3 is 1.56 bits per heavy atom. The van der Waals surface area contributed by atoms with Crippen molar-refractivity contribution in [3.63, 3.8) is 0 Å². The van der Waals surface area contributed by atoms with Gasteiger partial charge in [-0.1, -0.05) is 0 Å². The average Bonchev–Trinajstić information content (AvgIpc) is 3.00. The second-order valence-electron chi connectivity index (χ2n) is 12.3. The molecule has 4 rings (SSSR count). The predicted octanol–water partition coefficient (Wildman–Crippen LogP) is 3.41. The number of Topliss-reactive ketones (excluding diaryl/α,β-unsaturated/α-hetero) is 4. The molecule has 4 aliphatic rings. The van der Waals surface area contributed by atoms with Crippen molar-refractivity contribution in [1.29, 1.82) is 0 Å². The molecule has 2 aliphatic carbocycles. The van der Waals surface area contributed by atoms with Crippen LogP contribution in [0.25, 0.3) is 0 Å². The van der Waals surface area contributed by atoms with Crippen LogP contribution in [0.2, 0.25) is 0 Å². The maximum absolute atomic E-state index is 14.5. The number of hydrogen-bond acceptors (Lipinski definition) is 13. The van der Waals surface area contributed by atoms with Crippen molar-refractivity contribution in [2.45, 2.75) is 103 Å². The van der Waals surface area contributed by atoms with Crippen molar-refractivity contribution < 1.29 is 62.4 Å². The highest BCUT2D eigenvalue weighted by Gasteiger charge is 2.59. The lowest BCUT2D eigenvalue weighted by Crippen LogP contribution is -2.56. The molecule has 4 atom stereocenters. The summed E-state index contributed by atoms with van der Waals surface area (Å²) in [5, 5.41) is 9.72. The zero-order valence-corrected chi connectivity index (χ0v) is 27.6. The Morgan fingerprint density at radius 1 is 0.771 bits per heavy atom. The highest BCUT2D eigenvalue weighted by atomic mass is 16.6. The van der Waals surface area contributed by atoms with E-state index in [0.29, 0.717) is 50.1 Å². The number of rotatable bonds is 13. The molecule has 256 valence electrons. The lowest BCUT2D eigenvalue weighted by molar-refractivity contribution is -0.168. The first kappa shape index (κ1) is 35.9. The molecule has 0 aromatic carbocycles. The van der Waals surface area contributed by atoms with Gasteiger partial charge in [-0.2, -0.15) is 0 Å². The Morgan fingerprint density at radius 2 is 1.19 bits per heavy atom. The van der Waals surface area contributed by atoms with Crippen molar-refractivity contribution in [2.75, 3.05) is 0 Å². The number of carbonyl (C=O) groups is 7. The van der Waals surface area contributed by atoms with E-state index in [1.165, 1.54) is 12.2 Å². The van der Waals surface area contributed by atoms with Crippen LogP contribution in [0.3, 0.4) is 0 Å². The third-order valence-electron chi connectivity index (χ3n) is 8.37. The topological polar surface area (TPSA) is 186 Å². The fourth-order valence-corrected chi connectivity index (χ4v) is 5.97. The van der Waals surface area contributed by atoms with Crippen LogP contribution in [0.15, 0.2) is 69.6 Å². The minimum Gasteiger partial charge on any atom is -0.469 e. The average molecular weight is 667 g/mol. The van der Waals surface area contributed by atoms with Gasteiger partial charge in [0.1, 0.15) is 24.0 Å². The first-order valence-electron chi connectivity index (χ1n) is 15.5. The van der Waals surface area contributed by atoms with Crippen LogP contribution in [0.1, 0.15) is 80.1 Å². The van der Waals surface area contributed by atoms with E-state index in [2.05, 4.69) is 0 Å². The molecule has 0 fully saturated rings. The summed E-state index contributed by atoms with van der Waals surface area (Å²) in [5.74, 6) is -5.11. The van der Waals surface area contributed by atoms with Crippen molar-refractivity contribution >= 4 is 41.5 Å². The second kappa shape index (κ2) is 14.1. The third-order valence-corrected chi connectivity index (χ3v) is 8.37. The molecular formula is C35H38O13. The number of ketones is 4. The fraction of sp³-hybridized carbons (Fsp3) is 0.457. The van der Waals surface area contributed by atoms with Gasteiger partial charge >= 0.3 is 11.9 Å². The summed E-state index contributed by atoms with van der Waals surface area (Å²) in [6.07, 6.45) is 6.58. The van der Waals surface area contributed by atoms with E-state index in [1.807, 2.05) is 0 Å². The molecule has 1 N–H and O–H groups in total. The van der Waals surface area contributed by atoms with E-state index in [4.69, 9.17) is 23.7 Å². The van der Waals surface area contributed by atoms with Gasteiger partial charge in [-0.05, 0) is 65.5 Å². The number of carbonyl (C=O) groups excluding carboxylic acids is 7. The Kier molecular flexibility index (Phi) is 10.5. The first-order valence-corrected chi connectivity index (χ1v) is 15.5. The van der Waals surface area contributed by atoms with Gasteiger partial charge in [0, 0.05) is 49.0 Å². The van der Waals surface area contributed by atoms with Gasteiger partial charge in [0.25, 0.3) is 6.47 Å². The second-order valence-corrected chi connectivity index (χ2v) is 12.3. The van der Waals surface area contributed by atoms with Crippen LogP contribution >= 0.6 is 0 Å². The summed E-state index contributed by atoms with van der Waals surface area (Å²) >= 11 is 0. The summed E-state index contributed by atoms with van der Waals surface area (Å²) in [4.78, 5) is 91.7. The number of esters is 2. The number of fused-ring (bicyclic) bond motifs is 2. The van der Waals surface area contributed by atoms with Crippen LogP contribution < -0.4 is 0 Å². The van der Waals surface area contributed by atoms with Crippen molar-refractivity contribution in [1.82, 2.24) is 0 Å². The maximum atomic E-state index is 14.5. The molecule has 0 saturated heterocycles.